The second-order valence-corrected chi connectivity index (χ2v) is 5.56. The zero-order valence-electron chi connectivity index (χ0n) is 12.4. The molecule has 0 radical (unpaired) electrons. The molecule has 0 spiro atoms. The van der Waals surface area contributed by atoms with E-state index in [1.165, 1.54) is 0 Å². The number of likely N-dealkylation sites (N-methyl/N-ethyl adjacent to an activating group) is 1. The molecule has 0 aromatic carbocycles. The van der Waals surface area contributed by atoms with Crippen LogP contribution in [0.25, 0.3) is 0 Å². The van der Waals surface area contributed by atoms with Crippen LogP contribution in [0.15, 0.2) is 0 Å². The summed E-state index contributed by atoms with van der Waals surface area (Å²) in [5.41, 5.74) is 5.91. The van der Waals surface area contributed by atoms with E-state index in [1.54, 1.807) is 7.11 Å². The van der Waals surface area contributed by atoms with Crippen LogP contribution >= 0.6 is 0 Å². The minimum absolute atomic E-state index is 0.134. The number of ether oxygens (including phenoxy) is 1. The average Bonchev–Trinajstić information content (AvgIpc) is 2.41. The molecular formula is C14H29N3O2. The normalized spacial score (nSPS) is 23.6. The number of carbonyl (C=O) groups excluding carboxylic acids is 1. The van der Waals surface area contributed by atoms with Gasteiger partial charge in [0.25, 0.3) is 0 Å². The van der Waals surface area contributed by atoms with E-state index >= 15 is 0 Å². The van der Waals surface area contributed by atoms with Gasteiger partial charge in [-0.1, -0.05) is 6.42 Å². The minimum Gasteiger partial charge on any atom is -0.383 e. The summed E-state index contributed by atoms with van der Waals surface area (Å²) in [6.45, 7) is 3.42. The highest BCUT2D eigenvalue weighted by atomic mass is 16.5. The van der Waals surface area contributed by atoms with Gasteiger partial charge in [0.1, 0.15) is 0 Å². The van der Waals surface area contributed by atoms with Crippen LogP contribution in [0.1, 0.15) is 32.1 Å². The van der Waals surface area contributed by atoms with E-state index in [0.29, 0.717) is 0 Å². The van der Waals surface area contributed by atoms with Gasteiger partial charge in [0.15, 0.2) is 0 Å². The summed E-state index contributed by atoms with van der Waals surface area (Å²) in [4.78, 5) is 14.2. The molecule has 0 heterocycles. The Morgan fingerprint density at radius 3 is 2.89 bits per heavy atom. The first-order valence-corrected chi connectivity index (χ1v) is 7.34. The van der Waals surface area contributed by atoms with Crippen molar-refractivity contribution >= 4 is 5.91 Å². The van der Waals surface area contributed by atoms with Gasteiger partial charge in [-0.15, -0.1) is 0 Å². The van der Waals surface area contributed by atoms with Crippen LogP contribution in [-0.2, 0) is 9.53 Å². The fourth-order valence-corrected chi connectivity index (χ4v) is 2.53. The second kappa shape index (κ2) is 9.28. The van der Waals surface area contributed by atoms with Crippen molar-refractivity contribution in [3.63, 3.8) is 0 Å². The maximum atomic E-state index is 12.0. The van der Waals surface area contributed by atoms with Crippen molar-refractivity contribution in [2.24, 2.45) is 11.7 Å². The number of nitrogens with zero attached hydrogens (tertiary/aromatic N) is 1. The fourth-order valence-electron chi connectivity index (χ4n) is 2.53. The Bertz CT molecular complexity index is 261. The standard InChI is InChI=1S/C14H29N3O2/c1-17(9-10-19-2)8-4-7-16-14(18)12-5-3-6-13(15)11-12/h12-13H,3-11,15H2,1-2H3,(H,16,18). The second-order valence-electron chi connectivity index (χ2n) is 5.56. The van der Waals surface area contributed by atoms with Gasteiger partial charge < -0.3 is 20.7 Å². The van der Waals surface area contributed by atoms with Crippen molar-refractivity contribution in [3.05, 3.63) is 0 Å². The molecule has 1 aliphatic rings. The lowest BCUT2D eigenvalue weighted by atomic mass is 9.85. The predicted octanol–water partition coefficient (Wildman–Crippen LogP) is 0.588. The van der Waals surface area contributed by atoms with Crippen LogP contribution in [0.4, 0.5) is 0 Å². The zero-order valence-corrected chi connectivity index (χ0v) is 12.4. The third kappa shape index (κ3) is 6.89. The molecule has 0 saturated heterocycles. The van der Waals surface area contributed by atoms with Gasteiger partial charge >= 0.3 is 0 Å². The molecule has 19 heavy (non-hydrogen) atoms. The number of amides is 1. The number of methoxy groups -OCH3 is 1. The van der Waals surface area contributed by atoms with E-state index < -0.39 is 0 Å². The summed E-state index contributed by atoms with van der Waals surface area (Å²) in [6, 6.07) is 0.213. The van der Waals surface area contributed by atoms with Crippen LogP contribution in [0.5, 0.6) is 0 Å². The van der Waals surface area contributed by atoms with E-state index in [9.17, 15) is 4.79 Å². The summed E-state index contributed by atoms with van der Waals surface area (Å²) >= 11 is 0. The molecule has 1 fully saturated rings. The van der Waals surface area contributed by atoms with Gasteiger partial charge in [-0.3, -0.25) is 4.79 Å². The molecule has 3 N–H and O–H groups in total. The van der Waals surface area contributed by atoms with E-state index in [2.05, 4.69) is 17.3 Å². The summed E-state index contributed by atoms with van der Waals surface area (Å²) in [7, 11) is 3.78. The van der Waals surface area contributed by atoms with Gasteiger partial charge in [0, 0.05) is 32.2 Å². The third-order valence-electron chi connectivity index (χ3n) is 3.78. The van der Waals surface area contributed by atoms with Gasteiger partial charge in [0.05, 0.1) is 6.61 Å². The lowest BCUT2D eigenvalue weighted by Gasteiger charge is -2.25. The fraction of sp³-hybridized carbons (Fsp3) is 0.929. The van der Waals surface area contributed by atoms with Gasteiger partial charge in [0.2, 0.25) is 5.91 Å². The first-order valence-electron chi connectivity index (χ1n) is 7.34. The zero-order chi connectivity index (χ0) is 14.1. The highest BCUT2D eigenvalue weighted by Crippen LogP contribution is 2.22. The highest BCUT2D eigenvalue weighted by Gasteiger charge is 2.24. The van der Waals surface area contributed by atoms with E-state index in [-0.39, 0.29) is 17.9 Å². The molecule has 5 nitrogen and oxygen atoms in total. The van der Waals surface area contributed by atoms with Gasteiger partial charge in [-0.2, -0.15) is 0 Å². The Morgan fingerprint density at radius 2 is 2.21 bits per heavy atom. The summed E-state index contributed by atoms with van der Waals surface area (Å²) in [6.07, 6.45) is 4.96. The van der Waals surface area contributed by atoms with E-state index in [1.807, 2.05) is 0 Å². The lowest BCUT2D eigenvalue weighted by molar-refractivity contribution is -0.126. The molecule has 5 heteroatoms. The molecule has 0 aromatic heterocycles. The van der Waals surface area contributed by atoms with Crippen molar-refractivity contribution in [1.29, 1.82) is 0 Å². The number of rotatable bonds is 8. The van der Waals surface area contributed by atoms with Crippen molar-refractivity contribution in [3.8, 4) is 0 Å². The molecule has 2 atom stereocenters. The molecule has 1 amide bonds. The van der Waals surface area contributed by atoms with Crippen LogP contribution in [0.3, 0.4) is 0 Å². The summed E-state index contributed by atoms with van der Waals surface area (Å²) in [5.74, 6) is 0.324. The lowest BCUT2D eigenvalue weighted by Crippen LogP contribution is -2.38. The highest BCUT2D eigenvalue weighted by molar-refractivity contribution is 5.78. The Morgan fingerprint density at radius 1 is 1.42 bits per heavy atom. The average molecular weight is 271 g/mol. The summed E-state index contributed by atoms with van der Waals surface area (Å²) < 4.78 is 5.02. The monoisotopic (exact) mass is 271 g/mol. The first kappa shape index (κ1) is 16.4. The molecular weight excluding hydrogens is 242 g/mol. The predicted molar refractivity (Wildman–Crippen MR) is 76.9 cm³/mol. The first-order chi connectivity index (χ1) is 9.13. The Kier molecular flexibility index (Phi) is 8.02. The molecule has 0 aliphatic heterocycles. The molecule has 1 aliphatic carbocycles. The quantitative estimate of drug-likeness (QED) is 0.634. The maximum absolute atomic E-state index is 12.0. The van der Waals surface area contributed by atoms with Crippen molar-refractivity contribution in [1.82, 2.24) is 10.2 Å². The van der Waals surface area contributed by atoms with E-state index in [0.717, 1.165) is 58.3 Å². The summed E-state index contributed by atoms with van der Waals surface area (Å²) in [5, 5.41) is 3.03. The topological polar surface area (TPSA) is 67.6 Å². The number of nitrogens with two attached hydrogens (primary N) is 1. The molecule has 0 aromatic rings. The molecule has 2 unspecified atom stereocenters. The van der Waals surface area contributed by atoms with Crippen LogP contribution in [0.2, 0.25) is 0 Å². The number of nitrogens with one attached hydrogen (secondary N) is 1. The Labute approximate surface area is 116 Å². The Balaban J connectivity index is 2.06. The minimum atomic E-state index is 0.134. The maximum Gasteiger partial charge on any atom is 0.223 e. The third-order valence-corrected chi connectivity index (χ3v) is 3.78. The molecule has 1 rings (SSSR count). The van der Waals surface area contributed by atoms with Gasteiger partial charge in [-0.25, -0.2) is 0 Å². The van der Waals surface area contributed by atoms with Crippen molar-refractivity contribution < 1.29 is 9.53 Å². The van der Waals surface area contributed by atoms with Gasteiger partial charge in [-0.05, 0) is 39.3 Å². The SMILES string of the molecule is COCCN(C)CCCNC(=O)C1CCCC(N)C1. The van der Waals surface area contributed by atoms with Crippen molar-refractivity contribution in [2.75, 3.05) is 40.4 Å². The Hall–Kier alpha value is -0.650. The molecule has 112 valence electrons. The van der Waals surface area contributed by atoms with E-state index in [4.69, 9.17) is 10.5 Å². The van der Waals surface area contributed by atoms with Crippen molar-refractivity contribution in [2.45, 2.75) is 38.1 Å². The van der Waals surface area contributed by atoms with Crippen LogP contribution < -0.4 is 11.1 Å². The van der Waals surface area contributed by atoms with Crippen LogP contribution in [-0.4, -0.2) is 57.2 Å². The van der Waals surface area contributed by atoms with Crippen LogP contribution in [0, 0.1) is 5.92 Å². The molecule has 1 saturated carbocycles. The smallest absolute Gasteiger partial charge is 0.223 e. The number of hydrogen-bond acceptors (Lipinski definition) is 4. The number of carbonyl (C=O) groups is 1. The number of hydrogen-bond donors (Lipinski definition) is 2. The largest absolute Gasteiger partial charge is 0.383 e. The molecule has 0 bridgehead atoms.